The molecule has 2 rings (SSSR count). The SMILES string of the molecule is CC1C(O)CC(CO)OC1OCCNC(=O)CCCCC(=O)Nc1ccccc1. The van der Waals surface area contributed by atoms with E-state index >= 15 is 0 Å². The third-order valence-electron chi connectivity index (χ3n) is 4.89. The fraction of sp³-hybridized carbons (Fsp3) is 0.619. The van der Waals surface area contributed by atoms with E-state index in [-0.39, 0.29) is 30.9 Å². The number of unbranched alkanes of at least 4 members (excludes halogenated alkanes) is 1. The highest BCUT2D eigenvalue weighted by Crippen LogP contribution is 2.25. The van der Waals surface area contributed by atoms with Crippen molar-refractivity contribution < 1.29 is 29.3 Å². The van der Waals surface area contributed by atoms with Gasteiger partial charge in [-0.25, -0.2) is 0 Å². The predicted octanol–water partition coefficient (Wildman–Crippen LogP) is 1.42. The number of nitrogens with one attached hydrogen (secondary N) is 2. The first-order valence-electron chi connectivity index (χ1n) is 10.2. The first-order valence-corrected chi connectivity index (χ1v) is 10.2. The van der Waals surface area contributed by atoms with Crippen LogP contribution in [0.25, 0.3) is 0 Å². The van der Waals surface area contributed by atoms with Gasteiger partial charge in [-0.05, 0) is 25.0 Å². The standard InChI is InChI=1S/C21H32N2O6/c1-15-18(25)13-17(14-24)29-21(15)28-12-11-22-19(26)9-5-6-10-20(27)23-16-7-3-2-4-8-16/h2-4,7-8,15,17-18,21,24-25H,5-6,9-14H2,1H3,(H,22,26)(H,23,27). The van der Waals surface area contributed by atoms with Gasteiger partial charge in [-0.2, -0.15) is 0 Å². The number of carbonyl (C=O) groups is 2. The van der Waals surface area contributed by atoms with E-state index in [2.05, 4.69) is 10.6 Å². The first kappa shape index (κ1) is 23.3. The van der Waals surface area contributed by atoms with Crippen LogP contribution in [0.3, 0.4) is 0 Å². The summed E-state index contributed by atoms with van der Waals surface area (Å²) < 4.78 is 11.2. The fourth-order valence-corrected chi connectivity index (χ4v) is 3.11. The van der Waals surface area contributed by atoms with Gasteiger partial charge in [0, 0.05) is 37.4 Å². The van der Waals surface area contributed by atoms with Crippen molar-refractivity contribution in [1.29, 1.82) is 0 Å². The molecule has 4 atom stereocenters. The van der Waals surface area contributed by atoms with Crippen molar-refractivity contribution in [3.63, 3.8) is 0 Å². The lowest BCUT2D eigenvalue weighted by Gasteiger charge is -2.37. The molecular formula is C21H32N2O6. The Bertz CT molecular complexity index is 627. The van der Waals surface area contributed by atoms with E-state index < -0.39 is 18.5 Å². The zero-order valence-corrected chi connectivity index (χ0v) is 16.9. The Morgan fingerprint density at radius 2 is 1.86 bits per heavy atom. The van der Waals surface area contributed by atoms with Crippen molar-refractivity contribution in [2.75, 3.05) is 25.1 Å². The predicted molar refractivity (Wildman–Crippen MR) is 108 cm³/mol. The summed E-state index contributed by atoms with van der Waals surface area (Å²) in [6.07, 6.45) is 0.753. The van der Waals surface area contributed by atoms with E-state index in [4.69, 9.17) is 9.47 Å². The highest BCUT2D eigenvalue weighted by Gasteiger charge is 2.35. The maximum atomic E-state index is 11.9. The van der Waals surface area contributed by atoms with Gasteiger partial charge in [0.2, 0.25) is 11.8 Å². The van der Waals surface area contributed by atoms with Crippen LogP contribution in [0.15, 0.2) is 30.3 Å². The molecule has 0 bridgehead atoms. The molecule has 8 nitrogen and oxygen atoms in total. The molecule has 4 unspecified atom stereocenters. The van der Waals surface area contributed by atoms with Gasteiger partial charge in [-0.1, -0.05) is 25.1 Å². The molecule has 0 spiro atoms. The maximum absolute atomic E-state index is 11.9. The molecule has 1 aliphatic rings. The number of rotatable bonds is 11. The van der Waals surface area contributed by atoms with Crippen molar-refractivity contribution in [3.05, 3.63) is 30.3 Å². The van der Waals surface area contributed by atoms with Crippen molar-refractivity contribution in [2.24, 2.45) is 5.92 Å². The van der Waals surface area contributed by atoms with E-state index in [0.717, 1.165) is 5.69 Å². The molecule has 0 aliphatic carbocycles. The molecule has 1 heterocycles. The molecule has 1 aromatic carbocycles. The third kappa shape index (κ3) is 8.49. The van der Waals surface area contributed by atoms with Gasteiger partial charge in [0.15, 0.2) is 6.29 Å². The molecule has 0 saturated carbocycles. The van der Waals surface area contributed by atoms with Gasteiger partial charge in [0.05, 0.1) is 25.4 Å². The molecule has 162 valence electrons. The average molecular weight is 408 g/mol. The number of ether oxygens (including phenoxy) is 2. The van der Waals surface area contributed by atoms with Crippen LogP contribution in [0.1, 0.15) is 39.0 Å². The van der Waals surface area contributed by atoms with E-state index in [1.54, 1.807) is 0 Å². The summed E-state index contributed by atoms with van der Waals surface area (Å²) in [5.74, 6) is -0.353. The van der Waals surface area contributed by atoms with Crippen LogP contribution in [0.2, 0.25) is 0 Å². The minimum absolute atomic E-state index is 0.0602. The monoisotopic (exact) mass is 408 g/mol. The van der Waals surface area contributed by atoms with Gasteiger partial charge < -0.3 is 30.3 Å². The molecular weight excluding hydrogens is 376 g/mol. The summed E-state index contributed by atoms with van der Waals surface area (Å²) in [5, 5.41) is 24.7. The number of aliphatic hydroxyl groups excluding tert-OH is 2. The van der Waals surface area contributed by atoms with E-state index in [9.17, 15) is 19.8 Å². The largest absolute Gasteiger partial charge is 0.394 e. The van der Waals surface area contributed by atoms with Gasteiger partial charge in [-0.15, -0.1) is 0 Å². The second-order valence-electron chi connectivity index (χ2n) is 7.31. The molecule has 2 amide bonds. The Kier molecular flexibility index (Phi) is 10.1. The van der Waals surface area contributed by atoms with Crippen LogP contribution in [0.5, 0.6) is 0 Å². The average Bonchev–Trinajstić information content (AvgIpc) is 2.72. The van der Waals surface area contributed by atoms with Crippen LogP contribution in [0, 0.1) is 5.92 Å². The molecule has 1 aliphatic heterocycles. The molecule has 1 fully saturated rings. The number of para-hydroxylation sites is 1. The van der Waals surface area contributed by atoms with Crippen molar-refractivity contribution in [3.8, 4) is 0 Å². The second kappa shape index (κ2) is 12.5. The Balaban J connectivity index is 1.52. The molecule has 1 saturated heterocycles. The smallest absolute Gasteiger partial charge is 0.224 e. The lowest BCUT2D eigenvalue weighted by atomic mass is 9.95. The zero-order valence-electron chi connectivity index (χ0n) is 16.9. The topological polar surface area (TPSA) is 117 Å². The Morgan fingerprint density at radius 3 is 2.55 bits per heavy atom. The van der Waals surface area contributed by atoms with Crippen LogP contribution in [-0.2, 0) is 19.1 Å². The summed E-state index contributed by atoms with van der Waals surface area (Å²) in [5.41, 5.74) is 0.768. The van der Waals surface area contributed by atoms with Gasteiger partial charge >= 0.3 is 0 Å². The first-order chi connectivity index (χ1) is 14.0. The molecule has 0 aromatic heterocycles. The molecule has 0 radical (unpaired) electrons. The zero-order chi connectivity index (χ0) is 21.1. The van der Waals surface area contributed by atoms with Crippen LogP contribution >= 0.6 is 0 Å². The summed E-state index contributed by atoms with van der Waals surface area (Å²) in [6.45, 7) is 2.25. The summed E-state index contributed by atoms with van der Waals surface area (Å²) in [6, 6.07) is 9.27. The number of aliphatic hydroxyl groups is 2. The molecule has 1 aromatic rings. The molecule has 4 N–H and O–H groups in total. The highest BCUT2D eigenvalue weighted by atomic mass is 16.7. The number of anilines is 1. The van der Waals surface area contributed by atoms with Crippen LogP contribution < -0.4 is 10.6 Å². The minimum atomic E-state index is -0.601. The van der Waals surface area contributed by atoms with Crippen LogP contribution in [-0.4, -0.2) is 60.3 Å². The normalized spacial score (nSPS) is 24.1. The van der Waals surface area contributed by atoms with Crippen molar-refractivity contribution in [1.82, 2.24) is 5.32 Å². The lowest BCUT2D eigenvalue weighted by molar-refractivity contribution is -0.248. The number of amides is 2. The van der Waals surface area contributed by atoms with Gasteiger partial charge in [-0.3, -0.25) is 9.59 Å². The number of hydrogen-bond donors (Lipinski definition) is 4. The summed E-state index contributed by atoms with van der Waals surface area (Å²) in [7, 11) is 0. The Labute approximate surface area is 171 Å². The molecule has 29 heavy (non-hydrogen) atoms. The minimum Gasteiger partial charge on any atom is -0.394 e. The Morgan fingerprint density at radius 1 is 1.17 bits per heavy atom. The van der Waals surface area contributed by atoms with Gasteiger partial charge in [0.1, 0.15) is 0 Å². The van der Waals surface area contributed by atoms with Crippen molar-refractivity contribution in [2.45, 2.75) is 57.5 Å². The van der Waals surface area contributed by atoms with Gasteiger partial charge in [0.25, 0.3) is 0 Å². The summed E-state index contributed by atoms with van der Waals surface area (Å²) >= 11 is 0. The lowest BCUT2D eigenvalue weighted by Crippen LogP contribution is -2.46. The van der Waals surface area contributed by atoms with E-state index in [1.807, 2.05) is 37.3 Å². The maximum Gasteiger partial charge on any atom is 0.224 e. The quantitative estimate of drug-likeness (QED) is 0.412. The number of benzene rings is 1. The fourth-order valence-electron chi connectivity index (χ4n) is 3.11. The van der Waals surface area contributed by atoms with E-state index in [0.29, 0.717) is 38.6 Å². The molecule has 8 heteroatoms. The second-order valence-corrected chi connectivity index (χ2v) is 7.31. The van der Waals surface area contributed by atoms with Crippen LogP contribution in [0.4, 0.5) is 5.69 Å². The highest BCUT2D eigenvalue weighted by molar-refractivity contribution is 5.90. The number of hydrogen-bond acceptors (Lipinski definition) is 6. The number of carbonyl (C=O) groups excluding carboxylic acids is 2. The Hall–Kier alpha value is -2.00. The van der Waals surface area contributed by atoms with E-state index in [1.165, 1.54) is 0 Å². The third-order valence-corrected chi connectivity index (χ3v) is 4.89. The summed E-state index contributed by atoms with van der Waals surface area (Å²) in [4.78, 5) is 23.7. The van der Waals surface area contributed by atoms with Crippen molar-refractivity contribution >= 4 is 17.5 Å².